The van der Waals surface area contributed by atoms with E-state index >= 15 is 0 Å². The maximum atomic E-state index is 13.0. The van der Waals surface area contributed by atoms with Gasteiger partial charge in [-0.1, -0.05) is 48.9 Å². The number of hydrogen-bond acceptors (Lipinski definition) is 5. The molecule has 0 spiro atoms. The molecule has 1 saturated heterocycles. The Hall–Kier alpha value is -3.12. The Kier molecular flexibility index (Phi) is 7.47. The normalized spacial score (nSPS) is 17.9. The molecule has 1 aliphatic rings. The molecule has 1 unspecified atom stereocenters. The van der Waals surface area contributed by atoms with Gasteiger partial charge in [0.05, 0.1) is 18.2 Å². The van der Waals surface area contributed by atoms with Crippen molar-refractivity contribution in [1.29, 1.82) is 0 Å². The lowest BCUT2D eigenvalue weighted by atomic mass is 9.94. The summed E-state index contributed by atoms with van der Waals surface area (Å²) in [6.07, 6.45) is 1.45. The van der Waals surface area contributed by atoms with Gasteiger partial charge in [-0.05, 0) is 37.5 Å². The first-order valence-electron chi connectivity index (χ1n) is 10.5. The van der Waals surface area contributed by atoms with Crippen molar-refractivity contribution >= 4 is 17.4 Å². The minimum absolute atomic E-state index is 0.0962. The highest BCUT2D eigenvalue weighted by Gasteiger charge is 2.45. The molecule has 3 rings (SSSR count). The number of Topliss-reactive ketones (excluding diaryl/α,β-unsaturated/α-hetero) is 1. The topological polar surface area (TPSA) is 76.1 Å². The van der Waals surface area contributed by atoms with Crippen molar-refractivity contribution in [3.63, 3.8) is 0 Å². The maximum Gasteiger partial charge on any atom is 0.295 e. The van der Waals surface area contributed by atoms with Crippen LogP contribution in [0.3, 0.4) is 0 Å². The van der Waals surface area contributed by atoms with Gasteiger partial charge in [0.1, 0.15) is 11.5 Å². The van der Waals surface area contributed by atoms with Crippen LogP contribution in [0.25, 0.3) is 5.76 Å². The highest BCUT2D eigenvalue weighted by molar-refractivity contribution is 6.46. The molecule has 1 heterocycles. The van der Waals surface area contributed by atoms with Crippen molar-refractivity contribution < 1.29 is 24.2 Å². The molecule has 31 heavy (non-hydrogen) atoms. The highest BCUT2D eigenvalue weighted by atomic mass is 16.5. The molecule has 6 heteroatoms. The maximum absolute atomic E-state index is 13.0. The second kappa shape index (κ2) is 10.3. The largest absolute Gasteiger partial charge is 0.507 e. The van der Waals surface area contributed by atoms with Gasteiger partial charge in [0.2, 0.25) is 0 Å². The number of ether oxygens (including phenoxy) is 2. The van der Waals surface area contributed by atoms with Gasteiger partial charge >= 0.3 is 0 Å². The van der Waals surface area contributed by atoms with Crippen LogP contribution < -0.4 is 4.74 Å². The van der Waals surface area contributed by atoms with Crippen LogP contribution in [0.5, 0.6) is 5.75 Å². The molecular weight excluding hydrogens is 394 g/mol. The van der Waals surface area contributed by atoms with Gasteiger partial charge in [-0.15, -0.1) is 0 Å². The van der Waals surface area contributed by atoms with E-state index in [1.165, 1.54) is 4.90 Å². The second-order valence-electron chi connectivity index (χ2n) is 7.63. The van der Waals surface area contributed by atoms with Crippen LogP contribution in [0.1, 0.15) is 42.5 Å². The Morgan fingerprint density at radius 2 is 1.84 bits per heavy atom. The number of likely N-dealkylation sites (tertiary alicyclic amines) is 1. The quantitative estimate of drug-likeness (QED) is 0.283. The van der Waals surface area contributed by atoms with E-state index in [1.54, 1.807) is 31.4 Å². The molecule has 1 atom stereocenters. The molecule has 0 aromatic heterocycles. The second-order valence-corrected chi connectivity index (χ2v) is 7.63. The molecule has 1 aliphatic heterocycles. The lowest BCUT2D eigenvalue weighted by Crippen LogP contribution is -2.31. The van der Waals surface area contributed by atoms with Crippen molar-refractivity contribution in [3.05, 3.63) is 70.8 Å². The van der Waals surface area contributed by atoms with E-state index < -0.39 is 17.7 Å². The number of aliphatic hydroxyl groups excluding tert-OH is 1. The monoisotopic (exact) mass is 423 g/mol. The summed E-state index contributed by atoms with van der Waals surface area (Å²) < 4.78 is 10.8. The molecule has 0 bridgehead atoms. The fourth-order valence-corrected chi connectivity index (χ4v) is 3.69. The first-order valence-corrected chi connectivity index (χ1v) is 10.5. The van der Waals surface area contributed by atoms with E-state index in [-0.39, 0.29) is 11.3 Å². The number of aryl methyl sites for hydroxylation is 1. The summed E-state index contributed by atoms with van der Waals surface area (Å²) in [5.74, 6) is -0.880. The number of nitrogens with zero attached hydrogens (tertiary/aromatic N) is 1. The number of carbonyl (C=O) groups is 2. The van der Waals surface area contributed by atoms with Gasteiger partial charge in [0.25, 0.3) is 11.7 Å². The lowest BCUT2D eigenvalue weighted by Gasteiger charge is -2.25. The molecule has 0 aliphatic carbocycles. The van der Waals surface area contributed by atoms with Gasteiger partial charge in [-0.2, -0.15) is 0 Å². The van der Waals surface area contributed by atoms with E-state index in [0.29, 0.717) is 37.5 Å². The summed E-state index contributed by atoms with van der Waals surface area (Å²) >= 11 is 0. The molecule has 2 aromatic rings. The van der Waals surface area contributed by atoms with Crippen LogP contribution in [0.2, 0.25) is 0 Å². The average molecular weight is 424 g/mol. The molecule has 1 N–H and O–H groups in total. The number of methoxy groups -OCH3 is 1. The first-order chi connectivity index (χ1) is 15.0. The highest BCUT2D eigenvalue weighted by Crippen LogP contribution is 2.39. The van der Waals surface area contributed by atoms with Crippen LogP contribution in [0.4, 0.5) is 0 Å². The van der Waals surface area contributed by atoms with Crippen molar-refractivity contribution in [1.82, 2.24) is 4.90 Å². The Morgan fingerprint density at radius 1 is 1.10 bits per heavy atom. The fourth-order valence-electron chi connectivity index (χ4n) is 3.69. The SMILES string of the molecule is CCCOc1cccc(/C(O)=C2\C(=O)C(=O)N(CCCOC)C2c2ccc(C)cc2)c1. The van der Waals surface area contributed by atoms with E-state index in [0.717, 1.165) is 17.5 Å². The van der Waals surface area contributed by atoms with Crippen LogP contribution in [-0.2, 0) is 14.3 Å². The predicted octanol–water partition coefficient (Wildman–Crippen LogP) is 4.24. The summed E-state index contributed by atoms with van der Waals surface area (Å²) in [4.78, 5) is 27.4. The Bertz CT molecular complexity index is 964. The zero-order chi connectivity index (χ0) is 22.4. The molecule has 2 aromatic carbocycles. The lowest BCUT2D eigenvalue weighted by molar-refractivity contribution is -0.140. The van der Waals surface area contributed by atoms with E-state index in [2.05, 4.69) is 0 Å². The van der Waals surface area contributed by atoms with Crippen LogP contribution in [0, 0.1) is 6.92 Å². The van der Waals surface area contributed by atoms with E-state index in [1.807, 2.05) is 38.1 Å². The Balaban J connectivity index is 2.07. The molecule has 6 nitrogen and oxygen atoms in total. The van der Waals surface area contributed by atoms with Gasteiger partial charge in [-0.3, -0.25) is 9.59 Å². The van der Waals surface area contributed by atoms with Gasteiger partial charge in [-0.25, -0.2) is 0 Å². The summed E-state index contributed by atoms with van der Waals surface area (Å²) in [6, 6.07) is 14.0. The van der Waals surface area contributed by atoms with Gasteiger partial charge in [0, 0.05) is 25.8 Å². The minimum atomic E-state index is -0.680. The van der Waals surface area contributed by atoms with Gasteiger partial charge in [0.15, 0.2) is 0 Å². The number of aliphatic hydroxyl groups is 1. The Labute approximate surface area is 183 Å². The smallest absolute Gasteiger partial charge is 0.295 e. The number of amides is 1. The van der Waals surface area contributed by atoms with Crippen LogP contribution >= 0.6 is 0 Å². The number of hydrogen-bond donors (Lipinski definition) is 1. The predicted molar refractivity (Wildman–Crippen MR) is 119 cm³/mol. The summed E-state index contributed by atoms with van der Waals surface area (Å²) in [5.41, 5.74) is 2.39. The van der Waals surface area contributed by atoms with Crippen molar-refractivity contribution in [2.24, 2.45) is 0 Å². The molecular formula is C25H29NO5. The van der Waals surface area contributed by atoms with Gasteiger partial charge < -0.3 is 19.5 Å². The zero-order valence-electron chi connectivity index (χ0n) is 18.3. The number of ketones is 1. The Morgan fingerprint density at radius 3 is 2.52 bits per heavy atom. The summed E-state index contributed by atoms with van der Waals surface area (Å²) in [7, 11) is 1.60. The van der Waals surface area contributed by atoms with Crippen molar-refractivity contribution in [2.45, 2.75) is 32.7 Å². The third-order valence-corrected chi connectivity index (χ3v) is 5.26. The minimum Gasteiger partial charge on any atom is -0.507 e. The summed E-state index contributed by atoms with van der Waals surface area (Å²) in [6.45, 7) is 5.36. The molecule has 164 valence electrons. The average Bonchev–Trinajstić information content (AvgIpc) is 3.03. The summed E-state index contributed by atoms with van der Waals surface area (Å²) in [5, 5.41) is 11.1. The molecule has 1 fully saturated rings. The number of carbonyl (C=O) groups excluding carboxylic acids is 2. The molecule has 0 radical (unpaired) electrons. The van der Waals surface area contributed by atoms with Crippen molar-refractivity contribution in [2.75, 3.05) is 26.9 Å². The van der Waals surface area contributed by atoms with E-state index in [9.17, 15) is 14.7 Å². The standard InChI is InChI=1S/C25H29NO5/c1-4-14-31-20-8-5-7-19(16-20)23(27)21-22(18-11-9-17(2)10-12-18)26(13-6-15-30-3)25(29)24(21)28/h5,7-12,16,22,27H,4,6,13-15H2,1-3H3/b23-21+. The van der Waals surface area contributed by atoms with Crippen molar-refractivity contribution in [3.8, 4) is 5.75 Å². The fraction of sp³-hybridized carbons (Fsp3) is 0.360. The molecule has 1 amide bonds. The molecule has 0 saturated carbocycles. The van der Waals surface area contributed by atoms with E-state index in [4.69, 9.17) is 9.47 Å². The van der Waals surface area contributed by atoms with Crippen LogP contribution in [0.15, 0.2) is 54.1 Å². The van der Waals surface area contributed by atoms with Crippen LogP contribution in [-0.4, -0.2) is 48.6 Å². The first kappa shape index (κ1) is 22.6. The zero-order valence-corrected chi connectivity index (χ0v) is 18.3. The number of benzene rings is 2. The third kappa shape index (κ3) is 4.97. The number of rotatable bonds is 9. The third-order valence-electron chi connectivity index (χ3n) is 5.26.